The van der Waals surface area contributed by atoms with Gasteiger partial charge in [-0.2, -0.15) is 0 Å². The molecule has 3 N–H and O–H groups in total. The number of halogens is 1. The molecular formula is C14H19FN2O. The zero-order valence-electron chi connectivity index (χ0n) is 10.8. The molecule has 0 heterocycles. The maximum atomic E-state index is 13.5. The topological polar surface area (TPSA) is 55.1 Å². The molecule has 3 nitrogen and oxygen atoms in total. The van der Waals surface area contributed by atoms with Crippen LogP contribution in [0.15, 0.2) is 18.2 Å². The van der Waals surface area contributed by atoms with Crippen LogP contribution in [0.4, 0.5) is 4.39 Å². The predicted molar refractivity (Wildman–Crippen MR) is 68.5 cm³/mol. The highest BCUT2D eigenvalue weighted by atomic mass is 19.1. The third-order valence-electron chi connectivity index (χ3n) is 3.74. The van der Waals surface area contributed by atoms with Crippen LogP contribution in [-0.4, -0.2) is 11.4 Å². The monoisotopic (exact) mass is 250 g/mol. The minimum Gasteiger partial charge on any atom is -0.348 e. The van der Waals surface area contributed by atoms with Crippen LogP contribution in [0, 0.1) is 12.7 Å². The molecule has 1 aliphatic rings. The third-order valence-corrected chi connectivity index (χ3v) is 3.74. The maximum absolute atomic E-state index is 13.5. The van der Waals surface area contributed by atoms with Crippen molar-refractivity contribution in [1.82, 2.24) is 5.32 Å². The van der Waals surface area contributed by atoms with Crippen molar-refractivity contribution in [2.24, 2.45) is 5.73 Å². The largest absolute Gasteiger partial charge is 0.348 e. The Morgan fingerprint density at radius 1 is 1.50 bits per heavy atom. The number of nitrogens with one attached hydrogen (secondary N) is 1. The predicted octanol–water partition coefficient (Wildman–Crippen LogP) is 2.19. The van der Waals surface area contributed by atoms with Crippen LogP contribution in [0.2, 0.25) is 0 Å². The van der Waals surface area contributed by atoms with Crippen molar-refractivity contribution in [3.8, 4) is 0 Å². The average molecular weight is 250 g/mol. The Labute approximate surface area is 107 Å². The van der Waals surface area contributed by atoms with Gasteiger partial charge in [-0.15, -0.1) is 0 Å². The van der Waals surface area contributed by atoms with Crippen molar-refractivity contribution in [3.05, 3.63) is 35.1 Å². The maximum Gasteiger partial charge on any atom is 0.240 e. The highest BCUT2D eigenvalue weighted by Gasteiger charge is 2.40. The van der Waals surface area contributed by atoms with Crippen molar-refractivity contribution >= 4 is 5.91 Å². The van der Waals surface area contributed by atoms with Gasteiger partial charge in [-0.25, -0.2) is 4.39 Å². The summed E-state index contributed by atoms with van der Waals surface area (Å²) < 4.78 is 13.5. The second-order valence-electron chi connectivity index (χ2n) is 5.21. The van der Waals surface area contributed by atoms with Gasteiger partial charge in [0.1, 0.15) is 5.82 Å². The summed E-state index contributed by atoms with van der Waals surface area (Å²) >= 11 is 0. The van der Waals surface area contributed by atoms with Crippen LogP contribution in [0.1, 0.15) is 43.4 Å². The number of hydrogen-bond donors (Lipinski definition) is 2. The Bertz CT molecular complexity index is 469. The van der Waals surface area contributed by atoms with E-state index in [-0.39, 0.29) is 17.8 Å². The number of nitrogens with two attached hydrogens (primary N) is 1. The smallest absolute Gasteiger partial charge is 0.240 e. The van der Waals surface area contributed by atoms with E-state index < -0.39 is 5.54 Å². The number of carbonyl (C=O) groups is 1. The quantitative estimate of drug-likeness (QED) is 0.864. The molecule has 1 saturated carbocycles. The zero-order chi connectivity index (χ0) is 13.3. The molecule has 0 spiro atoms. The van der Waals surface area contributed by atoms with E-state index in [2.05, 4.69) is 5.32 Å². The fraction of sp³-hybridized carbons (Fsp3) is 0.500. The van der Waals surface area contributed by atoms with Gasteiger partial charge in [0.15, 0.2) is 0 Å². The molecule has 1 fully saturated rings. The van der Waals surface area contributed by atoms with Gasteiger partial charge in [0.2, 0.25) is 5.91 Å². The van der Waals surface area contributed by atoms with Crippen LogP contribution in [0.3, 0.4) is 0 Å². The molecule has 98 valence electrons. The summed E-state index contributed by atoms with van der Waals surface area (Å²) in [5.41, 5.74) is 6.59. The highest BCUT2D eigenvalue weighted by Crippen LogP contribution is 2.30. The Morgan fingerprint density at radius 3 is 2.67 bits per heavy atom. The summed E-state index contributed by atoms with van der Waals surface area (Å²) in [5, 5.41) is 2.85. The molecule has 1 aromatic carbocycles. The van der Waals surface area contributed by atoms with E-state index in [0.29, 0.717) is 5.56 Å². The Balaban J connectivity index is 2.05. The molecule has 1 aliphatic carbocycles. The van der Waals surface area contributed by atoms with Gasteiger partial charge in [-0.1, -0.05) is 12.1 Å². The normalized spacial score (nSPS) is 18.9. The minimum atomic E-state index is -0.711. The average Bonchev–Trinajstić information content (AvgIpc) is 2.29. The zero-order valence-corrected chi connectivity index (χ0v) is 10.8. The van der Waals surface area contributed by atoms with Crippen LogP contribution >= 0.6 is 0 Å². The van der Waals surface area contributed by atoms with Crippen molar-refractivity contribution in [1.29, 1.82) is 0 Å². The summed E-state index contributed by atoms with van der Waals surface area (Å²) in [5.74, 6) is -0.387. The lowest BCUT2D eigenvalue weighted by molar-refractivity contribution is -0.129. The number of rotatable bonds is 3. The van der Waals surface area contributed by atoms with Crippen molar-refractivity contribution in [3.63, 3.8) is 0 Å². The lowest BCUT2D eigenvalue weighted by Gasteiger charge is -2.37. The first-order chi connectivity index (χ1) is 8.42. The third kappa shape index (κ3) is 2.38. The molecular weight excluding hydrogens is 231 g/mol. The number of amides is 1. The van der Waals surface area contributed by atoms with E-state index in [1.807, 2.05) is 13.0 Å². The van der Waals surface area contributed by atoms with Gasteiger partial charge in [0, 0.05) is 0 Å². The van der Waals surface area contributed by atoms with Crippen LogP contribution in [0.5, 0.6) is 0 Å². The molecule has 0 aromatic heterocycles. The second kappa shape index (κ2) is 4.69. The number of hydrogen-bond acceptors (Lipinski definition) is 2. The first kappa shape index (κ1) is 13.0. The van der Waals surface area contributed by atoms with E-state index in [1.165, 1.54) is 6.07 Å². The first-order valence-corrected chi connectivity index (χ1v) is 6.28. The second-order valence-corrected chi connectivity index (χ2v) is 5.21. The van der Waals surface area contributed by atoms with Gasteiger partial charge in [-0.3, -0.25) is 4.79 Å². The van der Waals surface area contributed by atoms with Gasteiger partial charge in [0.05, 0.1) is 11.6 Å². The number of aryl methyl sites for hydroxylation is 1. The first-order valence-electron chi connectivity index (χ1n) is 6.28. The van der Waals surface area contributed by atoms with E-state index >= 15 is 0 Å². The summed E-state index contributed by atoms with van der Waals surface area (Å²) in [4.78, 5) is 12.0. The highest BCUT2D eigenvalue weighted by molar-refractivity contribution is 5.87. The molecule has 4 heteroatoms. The molecule has 0 bridgehead atoms. The molecule has 0 radical (unpaired) electrons. The van der Waals surface area contributed by atoms with Crippen molar-refractivity contribution in [2.75, 3.05) is 0 Å². The molecule has 0 saturated heterocycles. The molecule has 1 aromatic rings. The lowest BCUT2D eigenvalue weighted by atomic mass is 9.77. The molecule has 1 unspecified atom stereocenters. The van der Waals surface area contributed by atoms with Crippen LogP contribution in [-0.2, 0) is 4.79 Å². The van der Waals surface area contributed by atoms with Gasteiger partial charge in [0.25, 0.3) is 0 Å². The molecule has 1 amide bonds. The summed E-state index contributed by atoms with van der Waals surface area (Å²) in [6.07, 6.45) is 2.46. The Kier molecular flexibility index (Phi) is 3.39. The fourth-order valence-corrected chi connectivity index (χ4v) is 2.09. The van der Waals surface area contributed by atoms with E-state index in [4.69, 9.17) is 5.73 Å². The molecule has 2 rings (SSSR count). The Morgan fingerprint density at radius 2 is 2.17 bits per heavy atom. The van der Waals surface area contributed by atoms with Crippen LogP contribution < -0.4 is 11.1 Å². The molecule has 18 heavy (non-hydrogen) atoms. The fourth-order valence-electron chi connectivity index (χ4n) is 2.09. The number of carbonyl (C=O) groups excluding carboxylic acids is 1. The number of benzene rings is 1. The van der Waals surface area contributed by atoms with Gasteiger partial charge >= 0.3 is 0 Å². The lowest BCUT2D eigenvalue weighted by Crippen LogP contribution is -2.58. The summed E-state index contributed by atoms with van der Waals surface area (Å²) in [7, 11) is 0. The van der Waals surface area contributed by atoms with E-state index in [9.17, 15) is 9.18 Å². The Hall–Kier alpha value is -1.42. The van der Waals surface area contributed by atoms with E-state index in [1.54, 1.807) is 13.0 Å². The van der Waals surface area contributed by atoms with E-state index in [0.717, 1.165) is 24.8 Å². The summed E-state index contributed by atoms with van der Waals surface area (Å²) in [6, 6.07) is 4.78. The van der Waals surface area contributed by atoms with Crippen LogP contribution in [0.25, 0.3) is 0 Å². The van der Waals surface area contributed by atoms with Gasteiger partial charge in [-0.05, 0) is 50.3 Å². The minimum absolute atomic E-state index is 0.137. The van der Waals surface area contributed by atoms with Gasteiger partial charge < -0.3 is 11.1 Å². The van der Waals surface area contributed by atoms with Crippen molar-refractivity contribution < 1.29 is 9.18 Å². The van der Waals surface area contributed by atoms with Crippen molar-refractivity contribution in [2.45, 2.75) is 44.7 Å². The SMILES string of the molecule is Cc1ccc(C(C)NC(=O)C2(N)CCC2)cc1F. The summed E-state index contributed by atoms with van der Waals surface area (Å²) in [6.45, 7) is 3.55. The molecule has 0 aliphatic heterocycles. The molecule has 1 atom stereocenters. The standard InChI is InChI=1S/C14H19FN2O/c1-9-4-5-11(8-12(9)15)10(2)17-13(18)14(16)6-3-7-14/h4-5,8,10H,3,6-7,16H2,1-2H3,(H,17,18).